The average molecular weight is 427 g/mol. The van der Waals surface area contributed by atoms with Crippen molar-refractivity contribution in [3.05, 3.63) is 121 Å². The van der Waals surface area contributed by atoms with Crippen molar-refractivity contribution in [1.82, 2.24) is 0 Å². The van der Waals surface area contributed by atoms with E-state index in [-0.39, 0.29) is 0 Å². The van der Waals surface area contributed by atoms with E-state index < -0.39 is 7.26 Å². The van der Waals surface area contributed by atoms with Crippen LogP contribution in [0.15, 0.2) is 115 Å². The van der Waals surface area contributed by atoms with Gasteiger partial charge in [0.1, 0.15) is 0 Å². The third kappa shape index (κ3) is 4.89. The maximum absolute atomic E-state index is 5.91. The summed E-state index contributed by atoms with van der Waals surface area (Å²) in [6.45, 7) is 2.73. The van der Waals surface area contributed by atoms with Gasteiger partial charge < -0.3 is 0 Å². The first kappa shape index (κ1) is 21.3. The molecular formula is C29H31OP. The second kappa shape index (κ2) is 10.4. The molecule has 158 valence electrons. The van der Waals surface area contributed by atoms with E-state index >= 15 is 0 Å². The number of ether oxygens (including phenoxy) is 1. The van der Waals surface area contributed by atoms with Crippen molar-refractivity contribution in [2.45, 2.75) is 19.8 Å². The molecule has 0 unspecified atom stereocenters. The molecule has 0 aromatic heterocycles. The number of benzene rings is 4. The Kier molecular flexibility index (Phi) is 7.18. The summed E-state index contributed by atoms with van der Waals surface area (Å²) in [5.74, 6) is 0.965. The summed E-state index contributed by atoms with van der Waals surface area (Å²) in [6.07, 6.45) is 3.41. The number of hydrogen-bond donors (Lipinski definition) is 0. The number of hydrogen-bond acceptors (Lipinski definition) is 1. The quantitative estimate of drug-likeness (QED) is 0.310. The van der Waals surface area contributed by atoms with Gasteiger partial charge in [-0.15, -0.1) is 0 Å². The maximum atomic E-state index is 5.91. The summed E-state index contributed by atoms with van der Waals surface area (Å²) >= 11 is 0. The zero-order valence-corrected chi connectivity index (χ0v) is 19.2. The van der Waals surface area contributed by atoms with Crippen LogP contribution in [-0.2, 0) is 6.42 Å². The topological polar surface area (TPSA) is 9.23 Å². The Morgan fingerprint density at radius 2 is 1.16 bits per heavy atom. The summed E-state index contributed by atoms with van der Waals surface area (Å²) in [5, 5.41) is 4.34. The van der Waals surface area contributed by atoms with E-state index in [0.29, 0.717) is 6.61 Å². The first-order valence-electron chi connectivity index (χ1n) is 11.2. The van der Waals surface area contributed by atoms with Crippen LogP contribution in [0.25, 0.3) is 0 Å². The Labute approximate surface area is 187 Å². The van der Waals surface area contributed by atoms with Crippen molar-refractivity contribution in [3.63, 3.8) is 0 Å². The zero-order chi connectivity index (χ0) is 21.4. The van der Waals surface area contributed by atoms with E-state index in [1.807, 2.05) is 6.92 Å². The molecule has 4 rings (SSSR count). The molecule has 0 amide bonds. The molecule has 0 aliphatic rings. The predicted molar refractivity (Wildman–Crippen MR) is 137 cm³/mol. The minimum absolute atomic E-state index is 0.683. The van der Waals surface area contributed by atoms with Gasteiger partial charge in [-0.3, -0.25) is 0 Å². The first-order valence-corrected chi connectivity index (χ1v) is 13.4. The Hall–Kier alpha value is -2.89. The van der Waals surface area contributed by atoms with Crippen molar-refractivity contribution in [3.8, 4) is 5.75 Å². The number of rotatable bonds is 9. The second-order valence-corrected chi connectivity index (χ2v) is 12.0. The van der Waals surface area contributed by atoms with Crippen LogP contribution >= 0.6 is 7.26 Å². The van der Waals surface area contributed by atoms with Crippen LogP contribution in [0.1, 0.15) is 18.9 Å². The molecule has 0 aliphatic heterocycles. The summed E-state index contributed by atoms with van der Waals surface area (Å²) in [4.78, 5) is 0. The van der Waals surface area contributed by atoms with Gasteiger partial charge in [0.15, 0.2) is 0 Å². The zero-order valence-electron chi connectivity index (χ0n) is 18.2. The molecule has 0 saturated heterocycles. The third-order valence-corrected chi connectivity index (χ3v) is 11.1. The molecule has 4 aromatic rings. The van der Waals surface area contributed by atoms with Crippen LogP contribution < -0.4 is 20.7 Å². The van der Waals surface area contributed by atoms with E-state index in [9.17, 15) is 0 Å². The summed E-state index contributed by atoms with van der Waals surface area (Å²) in [6, 6.07) is 42.0. The molecule has 31 heavy (non-hydrogen) atoms. The summed E-state index contributed by atoms with van der Waals surface area (Å²) in [7, 11) is -2.22. The molecule has 0 spiro atoms. The molecule has 0 aliphatic carbocycles. The van der Waals surface area contributed by atoms with Crippen molar-refractivity contribution < 1.29 is 4.74 Å². The van der Waals surface area contributed by atoms with Gasteiger partial charge in [0.25, 0.3) is 0 Å². The van der Waals surface area contributed by atoms with Gasteiger partial charge in [-0.05, 0) is 0 Å². The van der Waals surface area contributed by atoms with Crippen molar-refractivity contribution >= 4 is 23.2 Å². The van der Waals surface area contributed by atoms with Gasteiger partial charge in [0, 0.05) is 0 Å². The Bertz CT molecular complexity index is 1020. The van der Waals surface area contributed by atoms with E-state index in [4.69, 9.17) is 4.74 Å². The van der Waals surface area contributed by atoms with Crippen LogP contribution in [0.4, 0.5) is 0 Å². The second-order valence-electron chi connectivity index (χ2n) is 7.94. The van der Waals surface area contributed by atoms with E-state index in [2.05, 4.69) is 115 Å². The van der Waals surface area contributed by atoms with Crippen molar-refractivity contribution in [2.75, 3.05) is 12.8 Å². The van der Waals surface area contributed by atoms with Gasteiger partial charge in [0.05, 0.1) is 0 Å². The Balaban J connectivity index is 1.82. The van der Waals surface area contributed by atoms with Crippen LogP contribution in [0, 0.1) is 0 Å². The van der Waals surface area contributed by atoms with Crippen LogP contribution in [-0.4, -0.2) is 12.8 Å². The van der Waals surface area contributed by atoms with Gasteiger partial charge in [-0.1, -0.05) is 0 Å². The standard InChI is InChI=1S/C29H31OP/c1-2-30-26-17-12-22-29(24-26)31(27-18-8-4-9-19-27,28-20-10-5-11-21-28)23-13-16-25-14-6-3-7-15-25/h3-12,14-15,17-22,24,31H,2,13,16,23H2,1H3. The van der Waals surface area contributed by atoms with Gasteiger partial charge in [0.2, 0.25) is 0 Å². The fourth-order valence-electron chi connectivity index (χ4n) is 4.60. The Morgan fingerprint density at radius 3 is 1.74 bits per heavy atom. The first-order chi connectivity index (χ1) is 15.3. The van der Waals surface area contributed by atoms with Gasteiger partial charge in [-0.25, -0.2) is 0 Å². The van der Waals surface area contributed by atoms with Gasteiger partial charge in [-0.2, -0.15) is 0 Å². The molecule has 0 heterocycles. The molecular weight excluding hydrogens is 395 g/mol. The van der Waals surface area contributed by atoms with Crippen LogP contribution in [0.2, 0.25) is 0 Å². The molecule has 1 nitrogen and oxygen atoms in total. The van der Waals surface area contributed by atoms with Gasteiger partial charge >= 0.3 is 187 Å². The molecule has 0 fully saturated rings. The SMILES string of the molecule is CCOc1cccc([PH](CCCc2ccccc2)(c2ccccc2)c2ccccc2)c1. The van der Waals surface area contributed by atoms with E-state index in [1.165, 1.54) is 21.5 Å². The third-order valence-electron chi connectivity index (χ3n) is 6.03. The van der Waals surface area contributed by atoms with Crippen LogP contribution in [0.5, 0.6) is 5.75 Å². The molecule has 0 atom stereocenters. The summed E-state index contributed by atoms with van der Waals surface area (Å²) < 4.78 is 5.91. The minimum atomic E-state index is -2.22. The van der Waals surface area contributed by atoms with E-state index in [0.717, 1.165) is 24.8 Å². The molecule has 0 radical (unpaired) electrons. The number of aryl methyl sites for hydroxylation is 1. The van der Waals surface area contributed by atoms with Crippen molar-refractivity contribution in [2.24, 2.45) is 0 Å². The molecule has 0 bridgehead atoms. The average Bonchev–Trinajstić information content (AvgIpc) is 2.84. The molecule has 2 heteroatoms. The monoisotopic (exact) mass is 426 g/mol. The Morgan fingerprint density at radius 1 is 0.613 bits per heavy atom. The predicted octanol–water partition coefficient (Wildman–Crippen LogP) is 5.74. The van der Waals surface area contributed by atoms with Crippen molar-refractivity contribution in [1.29, 1.82) is 0 Å². The van der Waals surface area contributed by atoms with E-state index in [1.54, 1.807) is 0 Å². The molecule has 0 saturated carbocycles. The fourth-order valence-corrected chi connectivity index (χ4v) is 9.46. The van der Waals surface area contributed by atoms with Crippen LogP contribution in [0.3, 0.4) is 0 Å². The summed E-state index contributed by atoms with van der Waals surface area (Å²) in [5.41, 5.74) is 1.41. The fraction of sp³-hybridized carbons (Fsp3) is 0.172. The molecule has 4 aromatic carbocycles. The normalized spacial score (nSPS) is 11.8. The molecule has 0 N–H and O–H groups in total.